The molecule has 106 valence electrons. The Morgan fingerprint density at radius 1 is 0.905 bits per heavy atom. The lowest BCUT2D eigenvalue weighted by molar-refractivity contribution is 0.0774. The van der Waals surface area contributed by atoms with Gasteiger partial charge in [-0.3, -0.25) is 9.59 Å². The first-order valence-corrected chi connectivity index (χ1v) is 7.63. The molecule has 0 aliphatic heterocycles. The molecule has 2 aromatic carbocycles. The molecule has 0 unspecified atom stereocenters. The van der Waals surface area contributed by atoms with Crippen LogP contribution >= 0.6 is 22.6 Å². The molecule has 3 nitrogen and oxygen atoms in total. The third-order valence-corrected chi connectivity index (χ3v) is 4.56. The SMILES string of the molecule is CC(C)(O)c1cc2c(cc1I)C(=O)c1ccccc1C2=O. The van der Waals surface area contributed by atoms with Crippen molar-refractivity contribution in [1.82, 2.24) is 0 Å². The lowest BCUT2D eigenvalue weighted by Crippen LogP contribution is -2.24. The van der Waals surface area contributed by atoms with Crippen LogP contribution in [0.2, 0.25) is 0 Å². The summed E-state index contributed by atoms with van der Waals surface area (Å²) < 4.78 is 0.777. The highest BCUT2D eigenvalue weighted by Crippen LogP contribution is 2.33. The minimum atomic E-state index is -1.06. The van der Waals surface area contributed by atoms with Crippen molar-refractivity contribution in [2.75, 3.05) is 0 Å². The maximum Gasteiger partial charge on any atom is 0.194 e. The molecule has 0 heterocycles. The number of benzene rings is 2. The number of hydrogen-bond donors (Lipinski definition) is 1. The van der Waals surface area contributed by atoms with E-state index in [0.29, 0.717) is 27.8 Å². The van der Waals surface area contributed by atoms with Crippen LogP contribution in [0.5, 0.6) is 0 Å². The summed E-state index contributed by atoms with van der Waals surface area (Å²) in [6, 6.07) is 10.2. The predicted octanol–water partition coefficient (Wildman–Crippen LogP) is 3.29. The van der Waals surface area contributed by atoms with E-state index < -0.39 is 5.60 Å². The highest BCUT2D eigenvalue weighted by molar-refractivity contribution is 14.1. The topological polar surface area (TPSA) is 54.4 Å². The van der Waals surface area contributed by atoms with Crippen LogP contribution in [0.3, 0.4) is 0 Å². The molecule has 0 spiro atoms. The van der Waals surface area contributed by atoms with Crippen molar-refractivity contribution >= 4 is 34.2 Å². The molecule has 21 heavy (non-hydrogen) atoms. The molecule has 0 fully saturated rings. The van der Waals surface area contributed by atoms with Crippen LogP contribution in [0.1, 0.15) is 51.3 Å². The van der Waals surface area contributed by atoms with Crippen LogP contribution in [0.4, 0.5) is 0 Å². The summed E-state index contributed by atoms with van der Waals surface area (Å²) in [5, 5.41) is 10.2. The lowest BCUT2D eigenvalue weighted by Gasteiger charge is -2.24. The Labute approximate surface area is 136 Å². The van der Waals surface area contributed by atoms with Gasteiger partial charge in [0.25, 0.3) is 0 Å². The first-order valence-electron chi connectivity index (χ1n) is 6.55. The number of fused-ring (bicyclic) bond motifs is 2. The molecule has 0 bridgehead atoms. The Morgan fingerprint density at radius 3 is 1.86 bits per heavy atom. The summed E-state index contributed by atoms with van der Waals surface area (Å²) in [4.78, 5) is 25.2. The normalized spacial score (nSPS) is 13.9. The molecule has 0 amide bonds. The standard InChI is InChI=1S/C17H13IO3/c1-17(2,21)13-7-11-12(8-14(13)18)16(20)10-6-4-3-5-9(10)15(11)19/h3-8,21H,1-2H3. The molecule has 0 atom stereocenters. The van der Waals surface area contributed by atoms with E-state index >= 15 is 0 Å². The fraction of sp³-hybridized carbons (Fsp3) is 0.176. The van der Waals surface area contributed by atoms with E-state index in [0.717, 1.165) is 3.57 Å². The Kier molecular flexibility index (Phi) is 3.26. The van der Waals surface area contributed by atoms with Gasteiger partial charge >= 0.3 is 0 Å². The lowest BCUT2D eigenvalue weighted by atomic mass is 9.82. The van der Waals surface area contributed by atoms with Gasteiger partial charge in [-0.2, -0.15) is 0 Å². The maximum absolute atomic E-state index is 12.6. The van der Waals surface area contributed by atoms with Crippen molar-refractivity contribution in [1.29, 1.82) is 0 Å². The molecule has 1 N–H and O–H groups in total. The number of ketones is 2. The smallest absolute Gasteiger partial charge is 0.194 e. The number of hydrogen-bond acceptors (Lipinski definition) is 3. The van der Waals surface area contributed by atoms with E-state index in [9.17, 15) is 14.7 Å². The molecule has 1 aliphatic carbocycles. The first-order chi connectivity index (χ1) is 9.80. The zero-order valence-corrected chi connectivity index (χ0v) is 13.8. The van der Waals surface area contributed by atoms with Crippen molar-refractivity contribution in [3.8, 4) is 0 Å². The molecule has 0 saturated carbocycles. The van der Waals surface area contributed by atoms with E-state index in [1.807, 2.05) is 0 Å². The molecule has 1 aliphatic rings. The molecule has 3 rings (SSSR count). The van der Waals surface area contributed by atoms with E-state index in [1.54, 1.807) is 50.2 Å². The second-order valence-electron chi connectivity index (χ2n) is 5.64. The van der Waals surface area contributed by atoms with Crippen LogP contribution in [0.25, 0.3) is 0 Å². The zero-order chi connectivity index (χ0) is 15.4. The van der Waals surface area contributed by atoms with Gasteiger partial charge in [0, 0.05) is 25.8 Å². The number of carbonyl (C=O) groups is 2. The summed E-state index contributed by atoms with van der Waals surface area (Å²) in [6.45, 7) is 3.33. The predicted molar refractivity (Wildman–Crippen MR) is 87.7 cm³/mol. The van der Waals surface area contributed by atoms with Gasteiger partial charge in [0.05, 0.1) is 5.60 Å². The summed E-state index contributed by atoms with van der Waals surface area (Å²) in [7, 11) is 0. The summed E-state index contributed by atoms with van der Waals surface area (Å²) in [6.07, 6.45) is 0. The van der Waals surface area contributed by atoms with Crippen LogP contribution < -0.4 is 0 Å². The molecule has 4 heteroatoms. The van der Waals surface area contributed by atoms with Crippen molar-refractivity contribution in [3.05, 3.63) is 67.8 Å². The quantitative estimate of drug-likeness (QED) is 0.647. The number of halogens is 1. The van der Waals surface area contributed by atoms with Crippen LogP contribution in [-0.2, 0) is 5.60 Å². The highest BCUT2D eigenvalue weighted by atomic mass is 127. The number of aliphatic hydroxyl groups is 1. The van der Waals surface area contributed by atoms with E-state index in [1.165, 1.54) is 0 Å². The summed E-state index contributed by atoms with van der Waals surface area (Å²) in [5.74, 6) is -0.303. The Bertz CT molecular complexity index is 785. The van der Waals surface area contributed by atoms with E-state index in [2.05, 4.69) is 22.6 Å². The van der Waals surface area contributed by atoms with Gasteiger partial charge in [0.15, 0.2) is 11.6 Å². The minimum Gasteiger partial charge on any atom is -0.386 e. The Balaban J connectivity index is 2.29. The van der Waals surface area contributed by atoms with Gasteiger partial charge in [-0.15, -0.1) is 0 Å². The van der Waals surface area contributed by atoms with E-state index in [4.69, 9.17) is 0 Å². The third-order valence-electron chi connectivity index (χ3n) is 3.67. The van der Waals surface area contributed by atoms with Crippen LogP contribution in [0, 0.1) is 3.57 Å². The van der Waals surface area contributed by atoms with Gasteiger partial charge < -0.3 is 5.11 Å². The Morgan fingerprint density at radius 2 is 1.38 bits per heavy atom. The minimum absolute atomic E-state index is 0.139. The molecular formula is C17H13IO3. The molecule has 0 aromatic heterocycles. The maximum atomic E-state index is 12.6. The third kappa shape index (κ3) is 2.22. The number of rotatable bonds is 1. The average Bonchev–Trinajstić information content (AvgIpc) is 2.43. The summed E-state index contributed by atoms with van der Waals surface area (Å²) in [5.41, 5.74) is 1.25. The molecular weight excluding hydrogens is 379 g/mol. The van der Waals surface area contributed by atoms with E-state index in [-0.39, 0.29) is 11.6 Å². The number of carbonyl (C=O) groups excluding carboxylic acids is 2. The summed E-state index contributed by atoms with van der Waals surface area (Å²) >= 11 is 2.08. The van der Waals surface area contributed by atoms with Crippen LogP contribution in [0.15, 0.2) is 36.4 Å². The van der Waals surface area contributed by atoms with Gasteiger partial charge in [0.1, 0.15) is 0 Å². The Hall–Kier alpha value is -1.53. The zero-order valence-electron chi connectivity index (χ0n) is 11.6. The first kappa shape index (κ1) is 14.4. The second kappa shape index (κ2) is 4.74. The van der Waals surface area contributed by atoms with Gasteiger partial charge in [0.2, 0.25) is 0 Å². The monoisotopic (exact) mass is 392 g/mol. The average molecular weight is 392 g/mol. The van der Waals surface area contributed by atoms with Gasteiger partial charge in [-0.1, -0.05) is 24.3 Å². The fourth-order valence-electron chi connectivity index (χ4n) is 2.59. The molecule has 0 radical (unpaired) electrons. The highest BCUT2D eigenvalue weighted by Gasteiger charge is 2.32. The van der Waals surface area contributed by atoms with Crippen molar-refractivity contribution in [2.45, 2.75) is 19.4 Å². The van der Waals surface area contributed by atoms with Crippen LogP contribution in [-0.4, -0.2) is 16.7 Å². The van der Waals surface area contributed by atoms with Gasteiger partial charge in [-0.05, 0) is 54.1 Å². The largest absolute Gasteiger partial charge is 0.386 e. The molecule has 0 saturated heterocycles. The van der Waals surface area contributed by atoms with Crippen molar-refractivity contribution < 1.29 is 14.7 Å². The fourth-order valence-corrected chi connectivity index (χ4v) is 3.71. The second-order valence-corrected chi connectivity index (χ2v) is 6.80. The van der Waals surface area contributed by atoms with Crippen molar-refractivity contribution in [2.24, 2.45) is 0 Å². The van der Waals surface area contributed by atoms with Gasteiger partial charge in [-0.25, -0.2) is 0 Å². The molecule has 2 aromatic rings. The van der Waals surface area contributed by atoms with Crippen molar-refractivity contribution in [3.63, 3.8) is 0 Å².